The summed E-state index contributed by atoms with van der Waals surface area (Å²) in [5.74, 6) is 0. The first-order chi connectivity index (χ1) is 23.8. The Hall–Kier alpha value is -6.38. The lowest BCUT2D eigenvalue weighted by atomic mass is 9.86. The molecule has 2 heteroatoms. The highest BCUT2D eigenvalue weighted by atomic mass is 15.0. The van der Waals surface area contributed by atoms with Crippen molar-refractivity contribution in [1.82, 2.24) is 9.13 Å². The van der Waals surface area contributed by atoms with Crippen molar-refractivity contribution in [3.63, 3.8) is 0 Å². The van der Waals surface area contributed by atoms with Gasteiger partial charge in [0.15, 0.2) is 0 Å². The Morgan fingerprint density at radius 3 is 1.54 bits per heavy atom. The van der Waals surface area contributed by atoms with Gasteiger partial charge >= 0.3 is 0 Å². The van der Waals surface area contributed by atoms with E-state index in [-0.39, 0.29) is 0 Å². The second-order valence-corrected chi connectivity index (χ2v) is 12.5. The van der Waals surface area contributed by atoms with Gasteiger partial charge in [0.2, 0.25) is 0 Å². The number of rotatable bonds is 4. The third kappa shape index (κ3) is 3.93. The lowest BCUT2D eigenvalue weighted by Gasteiger charge is -2.18. The van der Waals surface area contributed by atoms with E-state index in [1.807, 2.05) is 0 Å². The highest BCUT2D eigenvalue weighted by Gasteiger charge is 2.19. The molecule has 8 aromatic carbocycles. The maximum absolute atomic E-state index is 2.47. The Kier molecular flexibility index (Phi) is 5.91. The van der Waals surface area contributed by atoms with Gasteiger partial charge in [-0.15, -0.1) is 0 Å². The van der Waals surface area contributed by atoms with Gasteiger partial charge in [0.1, 0.15) is 0 Å². The quantitative estimate of drug-likeness (QED) is 0.175. The van der Waals surface area contributed by atoms with Crippen LogP contribution in [-0.2, 0) is 0 Å². The van der Waals surface area contributed by atoms with Crippen molar-refractivity contribution in [2.45, 2.75) is 0 Å². The molecule has 0 saturated heterocycles. The van der Waals surface area contributed by atoms with Crippen molar-refractivity contribution >= 4 is 54.3 Å². The van der Waals surface area contributed by atoms with E-state index < -0.39 is 0 Å². The van der Waals surface area contributed by atoms with Crippen LogP contribution in [0.4, 0.5) is 0 Å². The van der Waals surface area contributed by atoms with Crippen LogP contribution in [0.2, 0.25) is 0 Å². The SMILES string of the molecule is c1ccc(-c2c3ccccc3c(-c3cccc(-n4c5ccccc5c5ccc6c(ccn6-c6ccccc6)c54)c3)c3ccccc23)cc1. The third-order valence-corrected chi connectivity index (χ3v) is 9.92. The summed E-state index contributed by atoms with van der Waals surface area (Å²) in [6, 6.07) is 63.9. The first-order valence-electron chi connectivity index (χ1n) is 16.5. The maximum Gasteiger partial charge on any atom is 0.0635 e. The number of hydrogen-bond acceptors (Lipinski definition) is 0. The molecule has 0 spiro atoms. The Labute approximate surface area is 278 Å². The molecule has 0 radical (unpaired) electrons. The number of nitrogens with zero attached hydrogens (tertiary/aromatic N) is 2. The van der Waals surface area contributed by atoms with Gasteiger partial charge < -0.3 is 9.13 Å². The van der Waals surface area contributed by atoms with Crippen LogP contribution in [0.1, 0.15) is 0 Å². The van der Waals surface area contributed by atoms with Crippen LogP contribution in [-0.4, -0.2) is 9.13 Å². The molecule has 0 unspecified atom stereocenters. The largest absolute Gasteiger partial charge is 0.316 e. The minimum Gasteiger partial charge on any atom is -0.316 e. The molecule has 48 heavy (non-hydrogen) atoms. The molecule has 0 aliphatic rings. The van der Waals surface area contributed by atoms with Crippen molar-refractivity contribution in [2.75, 3.05) is 0 Å². The Morgan fingerprint density at radius 2 is 0.854 bits per heavy atom. The minimum atomic E-state index is 1.15. The maximum atomic E-state index is 2.47. The molecule has 10 rings (SSSR count). The zero-order chi connectivity index (χ0) is 31.6. The normalized spacial score (nSPS) is 11.8. The molecule has 0 fully saturated rings. The summed E-state index contributed by atoms with van der Waals surface area (Å²) in [7, 11) is 0. The average molecular weight is 611 g/mol. The molecule has 0 saturated carbocycles. The summed E-state index contributed by atoms with van der Waals surface area (Å²) in [5, 5.41) is 8.81. The molecular weight excluding hydrogens is 581 g/mol. The molecule has 10 aromatic rings. The number of para-hydroxylation sites is 2. The minimum absolute atomic E-state index is 1.15. The third-order valence-electron chi connectivity index (χ3n) is 9.92. The second-order valence-electron chi connectivity index (χ2n) is 12.5. The molecule has 0 aliphatic heterocycles. The van der Waals surface area contributed by atoms with Gasteiger partial charge in [-0.1, -0.05) is 133 Å². The number of hydrogen-bond donors (Lipinski definition) is 0. The lowest BCUT2D eigenvalue weighted by Crippen LogP contribution is -1.96. The zero-order valence-corrected chi connectivity index (χ0v) is 26.2. The fourth-order valence-electron chi connectivity index (χ4n) is 7.91. The Morgan fingerprint density at radius 1 is 0.312 bits per heavy atom. The molecule has 2 aromatic heterocycles. The predicted octanol–water partition coefficient (Wildman–Crippen LogP) is 12.4. The van der Waals surface area contributed by atoms with Crippen LogP contribution in [0.25, 0.3) is 87.9 Å². The lowest BCUT2D eigenvalue weighted by molar-refractivity contribution is 1.13. The molecule has 0 N–H and O–H groups in total. The first kappa shape index (κ1) is 26.8. The van der Waals surface area contributed by atoms with E-state index in [0.29, 0.717) is 0 Å². The molecule has 0 amide bonds. The number of aromatic nitrogens is 2. The Balaban J connectivity index is 1.27. The summed E-state index contributed by atoms with van der Waals surface area (Å²) < 4.78 is 4.76. The predicted molar refractivity (Wildman–Crippen MR) is 203 cm³/mol. The summed E-state index contributed by atoms with van der Waals surface area (Å²) >= 11 is 0. The Bertz CT molecular complexity index is 2760. The van der Waals surface area contributed by atoms with Crippen LogP contribution in [0, 0.1) is 0 Å². The fourth-order valence-corrected chi connectivity index (χ4v) is 7.91. The number of fused-ring (bicyclic) bond motifs is 7. The van der Waals surface area contributed by atoms with E-state index in [9.17, 15) is 0 Å². The van der Waals surface area contributed by atoms with Crippen molar-refractivity contribution in [3.8, 4) is 33.6 Å². The van der Waals surface area contributed by atoms with Gasteiger partial charge in [-0.2, -0.15) is 0 Å². The molecule has 0 atom stereocenters. The van der Waals surface area contributed by atoms with E-state index in [0.717, 1.165) is 11.4 Å². The van der Waals surface area contributed by atoms with Crippen molar-refractivity contribution in [3.05, 3.63) is 182 Å². The molecular formula is C46H30N2. The van der Waals surface area contributed by atoms with Crippen molar-refractivity contribution < 1.29 is 0 Å². The van der Waals surface area contributed by atoms with E-state index in [2.05, 4.69) is 191 Å². The standard InChI is InChI=1S/C46H30N2/c1-3-14-31(15-4-1)44-36-21-7-9-23-38(36)45(39-24-10-8-22-37(39)44)32-16-13-19-34(30-32)48-43-25-12-11-20-35(43)40-26-27-42-41(46(40)48)28-29-47(42)33-17-5-2-6-18-33/h1-30H. The van der Waals surface area contributed by atoms with Crippen molar-refractivity contribution in [2.24, 2.45) is 0 Å². The average Bonchev–Trinajstić information content (AvgIpc) is 3.74. The summed E-state index contributed by atoms with van der Waals surface area (Å²) in [4.78, 5) is 0. The monoisotopic (exact) mass is 610 g/mol. The molecule has 2 heterocycles. The highest BCUT2D eigenvalue weighted by molar-refractivity contribution is 6.22. The van der Waals surface area contributed by atoms with Crippen LogP contribution in [0.3, 0.4) is 0 Å². The van der Waals surface area contributed by atoms with E-state index >= 15 is 0 Å². The molecule has 0 aliphatic carbocycles. The van der Waals surface area contributed by atoms with Crippen LogP contribution in [0.5, 0.6) is 0 Å². The molecule has 224 valence electrons. The van der Waals surface area contributed by atoms with Gasteiger partial charge in [0.05, 0.1) is 16.6 Å². The van der Waals surface area contributed by atoms with Crippen LogP contribution in [0.15, 0.2) is 182 Å². The summed E-state index contributed by atoms with van der Waals surface area (Å²) in [5.41, 5.74) is 10.9. The van der Waals surface area contributed by atoms with Gasteiger partial charge in [0.25, 0.3) is 0 Å². The fraction of sp³-hybridized carbons (Fsp3) is 0. The smallest absolute Gasteiger partial charge is 0.0635 e. The zero-order valence-electron chi connectivity index (χ0n) is 26.2. The van der Waals surface area contributed by atoms with Gasteiger partial charge in [0, 0.05) is 33.7 Å². The van der Waals surface area contributed by atoms with Crippen LogP contribution >= 0.6 is 0 Å². The summed E-state index contributed by atoms with van der Waals surface area (Å²) in [6.07, 6.45) is 2.20. The second kappa shape index (κ2) is 10.6. The van der Waals surface area contributed by atoms with Crippen LogP contribution < -0.4 is 0 Å². The first-order valence-corrected chi connectivity index (χ1v) is 16.5. The molecule has 2 nitrogen and oxygen atoms in total. The van der Waals surface area contributed by atoms with Gasteiger partial charge in [-0.3, -0.25) is 0 Å². The topological polar surface area (TPSA) is 9.86 Å². The summed E-state index contributed by atoms with van der Waals surface area (Å²) in [6.45, 7) is 0. The highest BCUT2D eigenvalue weighted by Crippen LogP contribution is 2.44. The van der Waals surface area contributed by atoms with E-state index in [1.165, 1.54) is 76.5 Å². The number of benzene rings is 8. The van der Waals surface area contributed by atoms with Gasteiger partial charge in [-0.25, -0.2) is 0 Å². The van der Waals surface area contributed by atoms with Crippen molar-refractivity contribution in [1.29, 1.82) is 0 Å². The van der Waals surface area contributed by atoms with E-state index in [1.54, 1.807) is 0 Å². The van der Waals surface area contributed by atoms with E-state index in [4.69, 9.17) is 0 Å². The van der Waals surface area contributed by atoms with Gasteiger partial charge in [-0.05, 0) is 86.3 Å². The molecule has 0 bridgehead atoms.